The third kappa shape index (κ3) is 4.04. The minimum Gasteiger partial charge on any atom is -0.372 e. The molecule has 5 nitrogen and oxygen atoms in total. The number of anilines is 1. The number of benzene rings is 1. The van der Waals surface area contributed by atoms with Crippen LogP contribution in [0.25, 0.3) is 0 Å². The van der Waals surface area contributed by atoms with Crippen molar-refractivity contribution in [2.75, 3.05) is 18.0 Å². The van der Waals surface area contributed by atoms with Crippen LogP contribution in [0.3, 0.4) is 0 Å². The van der Waals surface area contributed by atoms with Gasteiger partial charge in [-0.3, -0.25) is 0 Å². The zero-order valence-electron chi connectivity index (χ0n) is 15.0. The molecule has 6 heteroatoms. The molecule has 0 bridgehead atoms. The van der Waals surface area contributed by atoms with Gasteiger partial charge in [-0.25, -0.2) is 0 Å². The normalized spacial score (nSPS) is 10.6. The monoisotopic (exact) mass is 351 g/mol. The third-order valence-corrected chi connectivity index (χ3v) is 5.09. The minimum absolute atomic E-state index is 0.430. The largest absolute Gasteiger partial charge is 0.372 e. The summed E-state index contributed by atoms with van der Waals surface area (Å²) in [7, 11) is 0. The SMILES string of the molecule is CCCN(CC)c1ccc(/N=N/c2sc(C#N)c(C)c2C#N)c(C)c1. The molecule has 0 fully saturated rings. The number of azo groups is 1. The lowest BCUT2D eigenvalue weighted by Crippen LogP contribution is -2.23. The van der Waals surface area contributed by atoms with E-state index < -0.39 is 0 Å². The Hall–Kier alpha value is -2.70. The van der Waals surface area contributed by atoms with Crippen molar-refractivity contribution >= 4 is 27.7 Å². The first-order valence-corrected chi connectivity index (χ1v) is 9.08. The smallest absolute Gasteiger partial charge is 0.158 e. The highest BCUT2D eigenvalue weighted by atomic mass is 32.1. The quantitative estimate of drug-likeness (QED) is 0.621. The van der Waals surface area contributed by atoms with Crippen molar-refractivity contribution in [1.29, 1.82) is 10.5 Å². The van der Waals surface area contributed by atoms with E-state index in [1.807, 2.05) is 19.1 Å². The van der Waals surface area contributed by atoms with E-state index in [0.29, 0.717) is 21.0 Å². The van der Waals surface area contributed by atoms with Gasteiger partial charge in [0.1, 0.15) is 17.0 Å². The molecule has 0 unspecified atom stereocenters. The molecule has 0 radical (unpaired) electrons. The molecule has 0 N–H and O–H groups in total. The molecule has 1 aromatic heterocycles. The fourth-order valence-electron chi connectivity index (χ4n) is 2.59. The van der Waals surface area contributed by atoms with Gasteiger partial charge in [-0.15, -0.1) is 21.6 Å². The molecule has 0 spiro atoms. The van der Waals surface area contributed by atoms with E-state index >= 15 is 0 Å². The first-order chi connectivity index (χ1) is 12.0. The topological polar surface area (TPSA) is 75.5 Å². The molecular formula is C19H21N5S. The lowest BCUT2D eigenvalue weighted by molar-refractivity contribution is 0.791. The van der Waals surface area contributed by atoms with Crippen LogP contribution in [0.2, 0.25) is 0 Å². The Morgan fingerprint density at radius 1 is 1.12 bits per heavy atom. The minimum atomic E-state index is 0.430. The van der Waals surface area contributed by atoms with Gasteiger partial charge in [0.15, 0.2) is 5.00 Å². The Labute approximate surface area is 152 Å². The van der Waals surface area contributed by atoms with Gasteiger partial charge in [-0.2, -0.15) is 10.5 Å². The standard InChI is InChI=1S/C19H21N5S/c1-5-9-24(6-2)15-7-8-17(13(3)10-15)22-23-19-16(11-20)14(4)18(12-21)25-19/h7-8,10H,5-6,9H2,1-4H3/b23-22+. The van der Waals surface area contributed by atoms with Gasteiger partial charge in [0.25, 0.3) is 0 Å². The Balaban J connectivity index is 2.31. The molecule has 0 aliphatic rings. The average molecular weight is 351 g/mol. The summed E-state index contributed by atoms with van der Waals surface area (Å²) >= 11 is 1.20. The summed E-state index contributed by atoms with van der Waals surface area (Å²) < 4.78 is 0. The zero-order chi connectivity index (χ0) is 18.4. The number of aryl methyl sites for hydroxylation is 1. The van der Waals surface area contributed by atoms with E-state index in [4.69, 9.17) is 5.26 Å². The Morgan fingerprint density at radius 2 is 1.88 bits per heavy atom. The summed E-state index contributed by atoms with van der Waals surface area (Å²) in [5, 5.41) is 27.4. The van der Waals surface area contributed by atoms with Crippen molar-refractivity contribution in [3.05, 3.63) is 39.8 Å². The number of nitrogens with zero attached hydrogens (tertiary/aromatic N) is 5. The van der Waals surface area contributed by atoms with Crippen LogP contribution in [0.4, 0.5) is 16.4 Å². The van der Waals surface area contributed by atoms with Gasteiger partial charge in [0.05, 0.1) is 11.3 Å². The highest BCUT2D eigenvalue weighted by Crippen LogP contribution is 2.36. The van der Waals surface area contributed by atoms with Gasteiger partial charge in [0, 0.05) is 18.8 Å². The van der Waals surface area contributed by atoms with E-state index in [9.17, 15) is 5.26 Å². The van der Waals surface area contributed by atoms with Gasteiger partial charge < -0.3 is 4.90 Å². The molecule has 0 saturated heterocycles. The van der Waals surface area contributed by atoms with E-state index in [2.05, 4.69) is 47.2 Å². The first kappa shape index (κ1) is 18.6. The lowest BCUT2D eigenvalue weighted by Gasteiger charge is -2.23. The van der Waals surface area contributed by atoms with Crippen molar-refractivity contribution in [2.24, 2.45) is 10.2 Å². The van der Waals surface area contributed by atoms with Gasteiger partial charge in [-0.05, 0) is 56.5 Å². The molecule has 2 rings (SSSR count). The second-order valence-electron chi connectivity index (χ2n) is 5.71. The summed E-state index contributed by atoms with van der Waals surface area (Å²) in [6.07, 6.45) is 1.10. The van der Waals surface area contributed by atoms with Gasteiger partial charge in [-0.1, -0.05) is 6.92 Å². The molecule has 1 heterocycles. The van der Waals surface area contributed by atoms with Crippen molar-refractivity contribution in [2.45, 2.75) is 34.1 Å². The summed E-state index contributed by atoms with van der Waals surface area (Å²) in [6, 6.07) is 10.3. The van der Waals surface area contributed by atoms with Crippen LogP contribution >= 0.6 is 11.3 Å². The van der Waals surface area contributed by atoms with E-state index in [1.54, 1.807) is 6.92 Å². The molecule has 0 saturated carbocycles. The van der Waals surface area contributed by atoms with Crippen LogP contribution in [0.1, 0.15) is 41.8 Å². The number of hydrogen-bond donors (Lipinski definition) is 0. The second-order valence-corrected chi connectivity index (χ2v) is 6.71. The fourth-order valence-corrected chi connectivity index (χ4v) is 3.47. The summed E-state index contributed by atoms with van der Waals surface area (Å²) in [4.78, 5) is 2.83. The molecule has 2 aromatic rings. The highest BCUT2D eigenvalue weighted by Gasteiger charge is 2.14. The Bertz CT molecular complexity index is 867. The van der Waals surface area contributed by atoms with Crippen LogP contribution in [-0.2, 0) is 0 Å². The molecule has 0 atom stereocenters. The van der Waals surface area contributed by atoms with Crippen LogP contribution in [-0.4, -0.2) is 13.1 Å². The first-order valence-electron chi connectivity index (χ1n) is 8.26. The van der Waals surface area contributed by atoms with Crippen molar-refractivity contribution in [3.8, 4) is 12.1 Å². The maximum Gasteiger partial charge on any atom is 0.158 e. The van der Waals surface area contributed by atoms with Crippen molar-refractivity contribution < 1.29 is 0 Å². The van der Waals surface area contributed by atoms with Crippen LogP contribution < -0.4 is 4.90 Å². The highest BCUT2D eigenvalue weighted by molar-refractivity contribution is 7.16. The molecule has 0 amide bonds. The van der Waals surface area contributed by atoms with Crippen molar-refractivity contribution in [1.82, 2.24) is 0 Å². The maximum atomic E-state index is 9.28. The number of thiophene rings is 1. The molecule has 128 valence electrons. The van der Waals surface area contributed by atoms with Crippen LogP contribution in [0.5, 0.6) is 0 Å². The van der Waals surface area contributed by atoms with Gasteiger partial charge >= 0.3 is 0 Å². The van der Waals surface area contributed by atoms with Crippen molar-refractivity contribution in [3.63, 3.8) is 0 Å². The van der Waals surface area contributed by atoms with E-state index in [-0.39, 0.29) is 0 Å². The van der Waals surface area contributed by atoms with E-state index in [1.165, 1.54) is 17.0 Å². The van der Waals surface area contributed by atoms with E-state index in [0.717, 1.165) is 30.8 Å². The average Bonchev–Trinajstić information content (AvgIpc) is 2.93. The zero-order valence-corrected chi connectivity index (χ0v) is 15.8. The summed E-state index contributed by atoms with van der Waals surface area (Å²) in [6.45, 7) is 10.1. The third-order valence-electron chi connectivity index (χ3n) is 4.01. The lowest BCUT2D eigenvalue weighted by atomic mass is 10.1. The van der Waals surface area contributed by atoms with Crippen LogP contribution in [0, 0.1) is 36.5 Å². The Kier molecular flexibility index (Phi) is 6.27. The molecule has 25 heavy (non-hydrogen) atoms. The number of hydrogen-bond acceptors (Lipinski definition) is 6. The summed E-state index contributed by atoms with van der Waals surface area (Å²) in [5.41, 5.74) is 4.08. The van der Waals surface area contributed by atoms with Crippen LogP contribution in [0.15, 0.2) is 28.4 Å². The molecule has 1 aromatic carbocycles. The number of nitriles is 2. The molecular weight excluding hydrogens is 330 g/mol. The summed E-state index contributed by atoms with van der Waals surface area (Å²) in [5.74, 6) is 0. The molecule has 0 aliphatic carbocycles. The second kappa shape index (κ2) is 8.41. The van der Waals surface area contributed by atoms with Gasteiger partial charge in [0.2, 0.25) is 0 Å². The predicted molar refractivity (Wildman–Crippen MR) is 102 cm³/mol. The number of rotatable bonds is 6. The Morgan fingerprint density at radius 3 is 2.44 bits per heavy atom. The molecule has 0 aliphatic heterocycles. The maximum absolute atomic E-state index is 9.28. The predicted octanol–water partition coefficient (Wildman–Crippen LogP) is 5.76. The fraction of sp³-hybridized carbons (Fsp3) is 0.368.